The van der Waals surface area contributed by atoms with Crippen molar-refractivity contribution in [3.8, 4) is 0 Å². The fraction of sp³-hybridized carbons (Fsp3) is 0.455. The predicted octanol–water partition coefficient (Wildman–Crippen LogP) is 0.890. The Balaban J connectivity index is 2.97. The van der Waals surface area contributed by atoms with E-state index < -0.39 is 10.0 Å². The quantitative estimate of drug-likeness (QED) is 0.769. The van der Waals surface area contributed by atoms with Gasteiger partial charge in [-0.3, -0.25) is 0 Å². The zero-order valence-electron chi connectivity index (χ0n) is 10.2. The van der Waals surface area contributed by atoms with Crippen LogP contribution in [0, 0.1) is 6.92 Å². The van der Waals surface area contributed by atoms with E-state index in [4.69, 9.17) is 10.5 Å². The van der Waals surface area contributed by atoms with E-state index in [0.29, 0.717) is 17.9 Å². The highest BCUT2D eigenvalue weighted by Crippen LogP contribution is 2.17. The van der Waals surface area contributed by atoms with Gasteiger partial charge in [-0.05, 0) is 37.6 Å². The van der Waals surface area contributed by atoms with Crippen LogP contribution >= 0.6 is 0 Å². The molecule has 6 heteroatoms. The molecule has 0 saturated carbocycles. The second-order valence-corrected chi connectivity index (χ2v) is 5.69. The first kappa shape index (κ1) is 14.0. The van der Waals surface area contributed by atoms with Gasteiger partial charge in [-0.15, -0.1) is 0 Å². The third kappa shape index (κ3) is 3.69. The third-order valence-electron chi connectivity index (χ3n) is 2.26. The number of nitrogens with two attached hydrogens (primary N) is 1. The van der Waals surface area contributed by atoms with Crippen LogP contribution in [0.25, 0.3) is 0 Å². The molecule has 17 heavy (non-hydrogen) atoms. The molecule has 0 aromatic heterocycles. The largest absolute Gasteiger partial charge is 0.399 e. The fourth-order valence-electron chi connectivity index (χ4n) is 1.59. The van der Waals surface area contributed by atoms with Crippen LogP contribution in [-0.2, 0) is 14.8 Å². The number of benzene rings is 1. The summed E-state index contributed by atoms with van der Waals surface area (Å²) in [6, 6.07) is 4.44. The zero-order valence-corrected chi connectivity index (χ0v) is 11.0. The van der Waals surface area contributed by atoms with E-state index >= 15 is 0 Å². The van der Waals surface area contributed by atoms with Crippen LogP contribution < -0.4 is 10.5 Å². The lowest BCUT2D eigenvalue weighted by atomic mass is 10.2. The molecule has 0 radical (unpaired) electrons. The van der Waals surface area contributed by atoms with E-state index in [1.807, 2.05) is 0 Å². The van der Waals surface area contributed by atoms with E-state index in [9.17, 15) is 8.42 Å². The summed E-state index contributed by atoms with van der Waals surface area (Å²) < 4.78 is 31.5. The number of aryl methyl sites for hydroxylation is 1. The lowest BCUT2D eigenvalue weighted by Gasteiger charge is -2.14. The Labute approximate surface area is 102 Å². The molecule has 1 unspecified atom stereocenters. The Morgan fingerprint density at radius 3 is 2.65 bits per heavy atom. The monoisotopic (exact) mass is 258 g/mol. The summed E-state index contributed by atoms with van der Waals surface area (Å²) in [7, 11) is -1.99. The molecule has 1 aromatic rings. The second-order valence-electron chi connectivity index (χ2n) is 4.00. The van der Waals surface area contributed by atoms with Gasteiger partial charge < -0.3 is 10.5 Å². The van der Waals surface area contributed by atoms with Crippen molar-refractivity contribution in [2.75, 3.05) is 19.5 Å². The maximum atomic E-state index is 12.0. The topological polar surface area (TPSA) is 81.4 Å². The molecule has 0 heterocycles. The van der Waals surface area contributed by atoms with Gasteiger partial charge in [-0.2, -0.15) is 0 Å². The minimum Gasteiger partial charge on any atom is -0.399 e. The minimum atomic E-state index is -3.51. The highest BCUT2D eigenvalue weighted by molar-refractivity contribution is 7.89. The SMILES string of the molecule is COCC(C)NS(=O)(=O)c1ccc(N)cc1C. The molecule has 0 aliphatic heterocycles. The first-order chi connectivity index (χ1) is 7.86. The van der Waals surface area contributed by atoms with Gasteiger partial charge in [-0.25, -0.2) is 13.1 Å². The van der Waals surface area contributed by atoms with Crippen LogP contribution in [0.2, 0.25) is 0 Å². The number of methoxy groups -OCH3 is 1. The van der Waals surface area contributed by atoms with Gasteiger partial charge in [-0.1, -0.05) is 0 Å². The van der Waals surface area contributed by atoms with Crippen molar-refractivity contribution in [2.24, 2.45) is 0 Å². The molecule has 1 atom stereocenters. The smallest absolute Gasteiger partial charge is 0.241 e. The molecule has 3 N–H and O–H groups in total. The first-order valence-corrected chi connectivity index (χ1v) is 6.72. The number of ether oxygens (including phenoxy) is 1. The first-order valence-electron chi connectivity index (χ1n) is 5.24. The van der Waals surface area contributed by atoms with Crippen molar-refractivity contribution in [2.45, 2.75) is 24.8 Å². The standard InChI is InChI=1S/C11H18N2O3S/c1-8-6-10(12)4-5-11(8)17(14,15)13-9(2)7-16-3/h4-6,9,13H,7,12H2,1-3H3. The van der Waals surface area contributed by atoms with Gasteiger partial charge in [0.15, 0.2) is 0 Å². The summed E-state index contributed by atoms with van der Waals surface area (Å²) in [5.74, 6) is 0. The van der Waals surface area contributed by atoms with Crippen LogP contribution in [0.3, 0.4) is 0 Å². The molecular weight excluding hydrogens is 240 g/mol. The highest BCUT2D eigenvalue weighted by atomic mass is 32.2. The Morgan fingerprint density at radius 1 is 1.47 bits per heavy atom. The number of anilines is 1. The van der Waals surface area contributed by atoms with Crippen molar-refractivity contribution in [1.82, 2.24) is 4.72 Å². The van der Waals surface area contributed by atoms with Gasteiger partial charge in [0.25, 0.3) is 0 Å². The van der Waals surface area contributed by atoms with Crippen molar-refractivity contribution >= 4 is 15.7 Å². The van der Waals surface area contributed by atoms with Crippen molar-refractivity contribution in [3.63, 3.8) is 0 Å². The molecule has 0 aliphatic carbocycles. The number of sulfonamides is 1. The summed E-state index contributed by atoms with van der Waals surface area (Å²) >= 11 is 0. The van der Waals surface area contributed by atoms with E-state index in [1.54, 1.807) is 26.0 Å². The summed E-state index contributed by atoms with van der Waals surface area (Å²) in [4.78, 5) is 0.245. The van der Waals surface area contributed by atoms with E-state index in [1.165, 1.54) is 13.2 Å². The maximum absolute atomic E-state index is 12.0. The maximum Gasteiger partial charge on any atom is 0.241 e. The van der Waals surface area contributed by atoms with Crippen LogP contribution in [0.5, 0.6) is 0 Å². The van der Waals surface area contributed by atoms with Gasteiger partial charge in [0.1, 0.15) is 0 Å². The number of nitrogen functional groups attached to an aromatic ring is 1. The van der Waals surface area contributed by atoms with Gasteiger partial charge >= 0.3 is 0 Å². The lowest BCUT2D eigenvalue weighted by molar-refractivity contribution is 0.180. The molecule has 0 bridgehead atoms. The summed E-state index contributed by atoms with van der Waals surface area (Å²) in [6.07, 6.45) is 0. The van der Waals surface area contributed by atoms with E-state index in [0.717, 1.165) is 0 Å². The molecule has 0 spiro atoms. The van der Waals surface area contributed by atoms with E-state index in [-0.39, 0.29) is 10.9 Å². The lowest BCUT2D eigenvalue weighted by Crippen LogP contribution is -2.35. The van der Waals surface area contributed by atoms with E-state index in [2.05, 4.69) is 4.72 Å². The third-order valence-corrected chi connectivity index (χ3v) is 4.01. The summed E-state index contributed by atoms with van der Waals surface area (Å²) in [5.41, 5.74) is 6.76. The fourth-order valence-corrected chi connectivity index (χ4v) is 3.04. The number of hydrogen-bond acceptors (Lipinski definition) is 4. The molecule has 1 aromatic carbocycles. The zero-order chi connectivity index (χ0) is 13.1. The molecule has 0 amide bonds. The normalized spacial score (nSPS) is 13.6. The van der Waals surface area contributed by atoms with Crippen molar-refractivity contribution in [1.29, 1.82) is 0 Å². The minimum absolute atomic E-state index is 0.245. The van der Waals surface area contributed by atoms with Gasteiger partial charge in [0.05, 0.1) is 11.5 Å². The van der Waals surface area contributed by atoms with Crippen LogP contribution in [0.15, 0.2) is 23.1 Å². The molecule has 1 rings (SSSR count). The summed E-state index contributed by atoms with van der Waals surface area (Å²) in [5, 5.41) is 0. The molecule has 0 fully saturated rings. The predicted molar refractivity (Wildman–Crippen MR) is 67.3 cm³/mol. The van der Waals surface area contributed by atoms with Gasteiger partial charge in [0, 0.05) is 18.8 Å². The van der Waals surface area contributed by atoms with Crippen LogP contribution in [0.1, 0.15) is 12.5 Å². The number of hydrogen-bond donors (Lipinski definition) is 2. The second kappa shape index (κ2) is 5.48. The Hall–Kier alpha value is -1.11. The van der Waals surface area contributed by atoms with Crippen molar-refractivity contribution < 1.29 is 13.2 Å². The molecule has 0 aliphatic rings. The Kier molecular flexibility index (Phi) is 4.50. The van der Waals surface area contributed by atoms with Crippen LogP contribution in [0.4, 0.5) is 5.69 Å². The molecular formula is C11H18N2O3S. The molecule has 96 valence electrons. The average molecular weight is 258 g/mol. The highest BCUT2D eigenvalue weighted by Gasteiger charge is 2.19. The van der Waals surface area contributed by atoms with Gasteiger partial charge in [0.2, 0.25) is 10.0 Å². The molecule has 5 nitrogen and oxygen atoms in total. The molecule has 0 saturated heterocycles. The van der Waals surface area contributed by atoms with Crippen LogP contribution in [-0.4, -0.2) is 28.2 Å². The summed E-state index contributed by atoms with van der Waals surface area (Å²) in [6.45, 7) is 3.78. The van der Waals surface area contributed by atoms with Crippen molar-refractivity contribution in [3.05, 3.63) is 23.8 Å². The Morgan fingerprint density at radius 2 is 2.12 bits per heavy atom. The number of rotatable bonds is 5. The average Bonchev–Trinajstić information content (AvgIpc) is 2.15. The number of nitrogens with one attached hydrogen (secondary N) is 1. The Bertz CT molecular complexity index is 485.